The molecule has 4 heteroatoms. The Morgan fingerprint density at radius 2 is 2.31 bits per heavy atom. The van der Waals surface area contributed by atoms with Gasteiger partial charge in [-0.2, -0.15) is 0 Å². The summed E-state index contributed by atoms with van der Waals surface area (Å²) in [6, 6.07) is 4.45. The van der Waals surface area contributed by atoms with E-state index in [1.54, 1.807) is 25.3 Å². The molecule has 1 heterocycles. The van der Waals surface area contributed by atoms with Gasteiger partial charge in [-0.25, -0.2) is 0 Å². The van der Waals surface area contributed by atoms with E-state index < -0.39 is 5.97 Å². The van der Waals surface area contributed by atoms with Crippen molar-refractivity contribution in [2.75, 3.05) is 0 Å². The molecule has 0 spiro atoms. The second-order valence-electron chi connectivity index (χ2n) is 2.89. The van der Waals surface area contributed by atoms with Crippen LogP contribution < -0.4 is 5.56 Å². The van der Waals surface area contributed by atoms with Gasteiger partial charge in [-0.15, -0.1) is 0 Å². The lowest BCUT2D eigenvalue weighted by atomic mass is 10.2. The number of aliphatic carboxylic acids is 1. The summed E-state index contributed by atoms with van der Waals surface area (Å²) in [7, 11) is 0. The predicted molar refractivity (Wildman–Crippen MR) is 47.7 cm³/mol. The second kappa shape index (κ2) is 3.89. The van der Waals surface area contributed by atoms with Crippen LogP contribution in [0.4, 0.5) is 0 Å². The molecule has 70 valence electrons. The number of nitrogens with zero attached hydrogens (tertiary/aromatic N) is 1. The smallest absolute Gasteiger partial charge is 0.305 e. The Balaban J connectivity index is 2.89. The zero-order valence-corrected chi connectivity index (χ0v) is 7.30. The molecule has 1 N–H and O–H groups in total. The molecule has 0 fully saturated rings. The van der Waals surface area contributed by atoms with E-state index in [-0.39, 0.29) is 18.0 Å². The van der Waals surface area contributed by atoms with Crippen LogP contribution in [-0.4, -0.2) is 15.6 Å². The van der Waals surface area contributed by atoms with Crippen LogP contribution in [0.25, 0.3) is 0 Å². The molecule has 0 saturated heterocycles. The van der Waals surface area contributed by atoms with Gasteiger partial charge in [-0.05, 0) is 13.0 Å². The lowest BCUT2D eigenvalue weighted by Crippen LogP contribution is -2.23. The van der Waals surface area contributed by atoms with Gasteiger partial charge in [0.2, 0.25) is 0 Å². The van der Waals surface area contributed by atoms with Crippen molar-refractivity contribution in [3.8, 4) is 0 Å². The van der Waals surface area contributed by atoms with Crippen LogP contribution in [-0.2, 0) is 4.79 Å². The van der Waals surface area contributed by atoms with Crippen molar-refractivity contribution in [3.63, 3.8) is 0 Å². The van der Waals surface area contributed by atoms with Gasteiger partial charge in [-0.3, -0.25) is 9.59 Å². The Hall–Kier alpha value is -1.58. The Kier molecular flexibility index (Phi) is 2.84. The van der Waals surface area contributed by atoms with Gasteiger partial charge in [0.15, 0.2) is 0 Å². The summed E-state index contributed by atoms with van der Waals surface area (Å²) in [4.78, 5) is 21.6. The molecule has 4 nitrogen and oxygen atoms in total. The first-order chi connectivity index (χ1) is 6.11. The molecule has 1 rings (SSSR count). The zero-order chi connectivity index (χ0) is 9.84. The maximum atomic E-state index is 11.2. The summed E-state index contributed by atoms with van der Waals surface area (Å²) < 4.78 is 1.41. The largest absolute Gasteiger partial charge is 0.481 e. The average molecular weight is 181 g/mol. The summed E-state index contributed by atoms with van der Waals surface area (Å²) in [6.45, 7) is 1.70. The number of hydrogen-bond acceptors (Lipinski definition) is 2. The fourth-order valence-electron chi connectivity index (χ4n) is 1.16. The van der Waals surface area contributed by atoms with Gasteiger partial charge in [-0.1, -0.05) is 6.07 Å². The van der Waals surface area contributed by atoms with Crippen molar-refractivity contribution < 1.29 is 9.90 Å². The lowest BCUT2D eigenvalue weighted by molar-refractivity contribution is -0.137. The van der Waals surface area contributed by atoms with Crippen molar-refractivity contribution in [2.45, 2.75) is 19.4 Å². The number of carboxylic acids is 1. The van der Waals surface area contributed by atoms with Crippen LogP contribution in [0.2, 0.25) is 0 Å². The van der Waals surface area contributed by atoms with Crippen LogP contribution in [0.5, 0.6) is 0 Å². The minimum atomic E-state index is -0.900. The normalized spacial score (nSPS) is 12.4. The van der Waals surface area contributed by atoms with E-state index in [1.165, 1.54) is 10.6 Å². The third-order valence-electron chi connectivity index (χ3n) is 1.80. The van der Waals surface area contributed by atoms with E-state index >= 15 is 0 Å². The number of aromatic nitrogens is 1. The van der Waals surface area contributed by atoms with Crippen LogP contribution in [0, 0.1) is 0 Å². The van der Waals surface area contributed by atoms with E-state index in [0.29, 0.717) is 0 Å². The number of rotatable bonds is 3. The minimum absolute atomic E-state index is 0.0378. The summed E-state index contributed by atoms with van der Waals surface area (Å²) in [5.41, 5.74) is -0.170. The highest BCUT2D eigenvalue weighted by molar-refractivity contribution is 5.67. The van der Waals surface area contributed by atoms with Gasteiger partial charge < -0.3 is 9.67 Å². The Morgan fingerprint density at radius 3 is 2.85 bits per heavy atom. The third kappa shape index (κ3) is 2.43. The lowest BCUT2D eigenvalue weighted by Gasteiger charge is -2.11. The first kappa shape index (κ1) is 9.51. The highest BCUT2D eigenvalue weighted by Crippen LogP contribution is 2.06. The van der Waals surface area contributed by atoms with E-state index in [4.69, 9.17) is 5.11 Å². The highest BCUT2D eigenvalue weighted by Gasteiger charge is 2.09. The van der Waals surface area contributed by atoms with Crippen molar-refractivity contribution in [1.82, 2.24) is 4.57 Å². The van der Waals surface area contributed by atoms with Gasteiger partial charge in [0.25, 0.3) is 5.56 Å². The van der Waals surface area contributed by atoms with Gasteiger partial charge in [0.1, 0.15) is 0 Å². The Bertz CT molecular complexity index is 356. The van der Waals surface area contributed by atoms with Gasteiger partial charge in [0, 0.05) is 18.3 Å². The molecule has 13 heavy (non-hydrogen) atoms. The fraction of sp³-hybridized carbons (Fsp3) is 0.333. The Labute approximate surface area is 75.4 Å². The fourth-order valence-corrected chi connectivity index (χ4v) is 1.16. The average Bonchev–Trinajstić information content (AvgIpc) is 2.03. The number of hydrogen-bond donors (Lipinski definition) is 1. The number of carbonyl (C=O) groups is 1. The van der Waals surface area contributed by atoms with Gasteiger partial charge >= 0.3 is 5.97 Å². The molecule has 0 aliphatic heterocycles. The minimum Gasteiger partial charge on any atom is -0.481 e. The van der Waals surface area contributed by atoms with Crippen LogP contribution in [0.1, 0.15) is 19.4 Å². The van der Waals surface area contributed by atoms with E-state index in [2.05, 4.69) is 0 Å². The monoisotopic (exact) mass is 181 g/mol. The predicted octanol–water partition coefficient (Wildman–Crippen LogP) is 0.884. The SMILES string of the molecule is CC(CC(=O)O)n1ccccc1=O. The molecule has 1 aromatic heterocycles. The van der Waals surface area contributed by atoms with Crippen molar-refractivity contribution in [1.29, 1.82) is 0 Å². The maximum Gasteiger partial charge on any atom is 0.305 e. The molecule has 0 radical (unpaired) electrons. The van der Waals surface area contributed by atoms with Crippen LogP contribution in [0.15, 0.2) is 29.2 Å². The van der Waals surface area contributed by atoms with Crippen LogP contribution >= 0.6 is 0 Å². The standard InChI is InChI=1S/C9H11NO3/c1-7(6-9(12)13)10-5-3-2-4-8(10)11/h2-5,7H,6H2,1H3,(H,12,13). The van der Waals surface area contributed by atoms with Crippen molar-refractivity contribution in [3.05, 3.63) is 34.7 Å². The van der Waals surface area contributed by atoms with Gasteiger partial charge in [0.05, 0.1) is 6.42 Å². The number of carboxylic acid groups (broad SMARTS) is 1. The molecular formula is C9H11NO3. The van der Waals surface area contributed by atoms with Crippen LogP contribution in [0.3, 0.4) is 0 Å². The molecule has 0 aromatic carbocycles. The quantitative estimate of drug-likeness (QED) is 0.753. The summed E-state index contributed by atoms with van der Waals surface area (Å²) in [5.74, 6) is -0.900. The molecule has 1 unspecified atom stereocenters. The van der Waals surface area contributed by atoms with E-state index in [1.807, 2.05) is 0 Å². The van der Waals surface area contributed by atoms with E-state index in [9.17, 15) is 9.59 Å². The molecule has 0 aliphatic carbocycles. The first-order valence-corrected chi connectivity index (χ1v) is 4.00. The molecule has 1 atom stereocenters. The van der Waals surface area contributed by atoms with Crippen molar-refractivity contribution >= 4 is 5.97 Å². The van der Waals surface area contributed by atoms with E-state index in [0.717, 1.165) is 0 Å². The number of pyridine rings is 1. The topological polar surface area (TPSA) is 59.3 Å². The molecule has 0 bridgehead atoms. The molecule has 0 aliphatic rings. The summed E-state index contributed by atoms with van der Waals surface area (Å²) >= 11 is 0. The molecule has 0 saturated carbocycles. The third-order valence-corrected chi connectivity index (χ3v) is 1.80. The van der Waals surface area contributed by atoms with Crippen molar-refractivity contribution in [2.24, 2.45) is 0 Å². The molecule has 1 aromatic rings. The highest BCUT2D eigenvalue weighted by atomic mass is 16.4. The maximum absolute atomic E-state index is 11.2. The Morgan fingerprint density at radius 1 is 1.62 bits per heavy atom. The first-order valence-electron chi connectivity index (χ1n) is 4.00. The molecular weight excluding hydrogens is 170 g/mol. The summed E-state index contributed by atoms with van der Waals surface area (Å²) in [5, 5.41) is 8.52. The zero-order valence-electron chi connectivity index (χ0n) is 7.30. The molecule has 0 amide bonds. The summed E-state index contributed by atoms with van der Waals surface area (Å²) in [6.07, 6.45) is 1.56. The second-order valence-corrected chi connectivity index (χ2v) is 2.89.